The number of halogens is 4. The number of esters is 1. The van der Waals surface area contributed by atoms with Gasteiger partial charge in [0.2, 0.25) is 0 Å². The summed E-state index contributed by atoms with van der Waals surface area (Å²) in [6.45, 7) is 1.60. The van der Waals surface area contributed by atoms with Crippen molar-refractivity contribution in [3.63, 3.8) is 0 Å². The third-order valence-electron chi connectivity index (χ3n) is 2.51. The quantitative estimate of drug-likeness (QED) is 0.409. The van der Waals surface area contributed by atoms with Crippen LogP contribution in [0.3, 0.4) is 0 Å². The van der Waals surface area contributed by atoms with Crippen molar-refractivity contribution >= 4 is 5.97 Å². The lowest BCUT2D eigenvalue weighted by Crippen LogP contribution is -2.06. The van der Waals surface area contributed by atoms with E-state index in [1.165, 1.54) is 0 Å². The van der Waals surface area contributed by atoms with E-state index in [1.54, 1.807) is 6.92 Å². The molecule has 1 aromatic carbocycles. The van der Waals surface area contributed by atoms with Crippen molar-refractivity contribution in [1.29, 1.82) is 0 Å². The first-order chi connectivity index (χ1) is 9.47. The van der Waals surface area contributed by atoms with Crippen LogP contribution in [0.25, 0.3) is 11.3 Å². The summed E-state index contributed by atoms with van der Waals surface area (Å²) in [5.41, 5.74) is -1.16. The van der Waals surface area contributed by atoms with Gasteiger partial charge < -0.3 is 4.74 Å². The number of nitrogens with zero attached hydrogens (tertiary/aromatic N) is 1. The molecule has 0 aliphatic rings. The Balaban J connectivity index is 2.59. The molecule has 1 N–H and O–H groups in total. The Morgan fingerprint density at radius 1 is 1.25 bits per heavy atom. The Hall–Kier alpha value is -2.38. The van der Waals surface area contributed by atoms with Gasteiger partial charge in [-0.1, -0.05) is 0 Å². The first kappa shape index (κ1) is 14.0. The maximum absolute atomic E-state index is 13.7. The first-order valence-electron chi connectivity index (χ1n) is 5.51. The predicted molar refractivity (Wildman–Crippen MR) is 59.8 cm³/mol. The number of H-pyrrole nitrogens is 1. The fourth-order valence-corrected chi connectivity index (χ4v) is 1.61. The van der Waals surface area contributed by atoms with Crippen molar-refractivity contribution in [2.45, 2.75) is 6.92 Å². The summed E-state index contributed by atoms with van der Waals surface area (Å²) >= 11 is 0. The topological polar surface area (TPSA) is 55.0 Å². The molecule has 0 aliphatic heterocycles. The molecule has 0 saturated heterocycles. The average Bonchev–Trinajstić information content (AvgIpc) is 2.90. The Kier molecular flexibility index (Phi) is 3.73. The van der Waals surface area contributed by atoms with E-state index in [0.717, 1.165) is 6.20 Å². The zero-order valence-corrected chi connectivity index (χ0v) is 10.1. The van der Waals surface area contributed by atoms with Gasteiger partial charge in [-0.15, -0.1) is 0 Å². The maximum atomic E-state index is 13.7. The number of carbonyl (C=O) groups excluding carboxylic acids is 1. The molecule has 0 spiro atoms. The molecule has 0 atom stereocenters. The standard InChI is InChI=1S/C12H8F4N2O2/c1-2-20-12(19)6-4-17-18-11(6)5-3-7(13)9(15)10(16)8(5)14/h3-4H,2H2,1H3,(H,17,18). The lowest BCUT2D eigenvalue weighted by atomic mass is 10.1. The molecule has 1 heterocycles. The molecular formula is C12H8F4N2O2. The second-order valence-corrected chi connectivity index (χ2v) is 3.73. The Morgan fingerprint density at radius 2 is 1.95 bits per heavy atom. The zero-order chi connectivity index (χ0) is 14.9. The molecule has 0 aliphatic carbocycles. The number of ether oxygens (including phenoxy) is 1. The van der Waals surface area contributed by atoms with E-state index < -0.39 is 34.8 Å². The molecule has 0 radical (unpaired) electrons. The number of hydrogen-bond donors (Lipinski definition) is 1. The number of aromatic nitrogens is 2. The van der Waals surface area contributed by atoms with Crippen LogP contribution in [0.1, 0.15) is 17.3 Å². The highest BCUT2D eigenvalue weighted by Gasteiger charge is 2.24. The van der Waals surface area contributed by atoms with E-state index in [0.29, 0.717) is 6.07 Å². The predicted octanol–water partition coefficient (Wildman–Crippen LogP) is 2.81. The number of aromatic amines is 1. The first-order valence-corrected chi connectivity index (χ1v) is 5.51. The van der Waals surface area contributed by atoms with Crippen molar-refractivity contribution in [3.8, 4) is 11.3 Å². The van der Waals surface area contributed by atoms with Gasteiger partial charge in [-0.3, -0.25) is 5.10 Å². The third-order valence-corrected chi connectivity index (χ3v) is 2.51. The van der Waals surface area contributed by atoms with Gasteiger partial charge >= 0.3 is 5.97 Å². The van der Waals surface area contributed by atoms with E-state index >= 15 is 0 Å². The molecule has 0 bridgehead atoms. The van der Waals surface area contributed by atoms with Crippen LogP contribution in [0.15, 0.2) is 12.3 Å². The summed E-state index contributed by atoms with van der Waals surface area (Å²) in [5.74, 6) is -7.95. The monoisotopic (exact) mass is 288 g/mol. The van der Waals surface area contributed by atoms with Crippen LogP contribution in [-0.2, 0) is 4.74 Å². The number of benzene rings is 1. The molecule has 4 nitrogen and oxygen atoms in total. The second-order valence-electron chi connectivity index (χ2n) is 3.73. The van der Waals surface area contributed by atoms with Gasteiger partial charge in [-0.2, -0.15) is 5.10 Å². The zero-order valence-electron chi connectivity index (χ0n) is 10.1. The van der Waals surface area contributed by atoms with Crippen LogP contribution in [0.2, 0.25) is 0 Å². The normalized spacial score (nSPS) is 10.7. The summed E-state index contributed by atoms with van der Waals surface area (Å²) in [7, 11) is 0. The van der Waals surface area contributed by atoms with Crippen molar-refractivity contribution in [2.24, 2.45) is 0 Å². The van der Waals surface area contributed by atoms with Crippen LogP contribution >= 0.6 is 0 Å². The van der Waals surface area contributed by atoms with Crippen LogP contribution in [-0.4, -0.2) is 22.8 Å². The van der Waals surface area contributed by atoms with E-state index in [-0.39, 0.29) is 17.9 Å². The van der Waals surface area contributed by atoms with Crippen molar-refractivity contribution in [3.05, 3.63) is 41.1 Å². The highest BCUT2D eigenvalue weighted by molar-refractivity contribution is 5.96. The van der Waals surface area contributed by atoms with E-state index in [2.05, 4.69) is 14.9 Å². The van der Waals surface area contributed by atoms with Crippen LogP contribution < -0.4 is 0 Å². The molecule has 0 fully saturated rings. The third kappa shape index (κ3) is 2.24. The van der Waals surface area contributed by atoms with Gasteiger partial charge in [0.05, 0.1) is 18.5 Å². The summed E-state index contributed by atoms with van der Waals surface area (Å²) in [4.78, 5) is 11.6. The van der Waals surface area contributed by atoms with Gasteiger partial charge in [-0.25, -0.2) is 22.4 Å². The molecule has 8 heteroatoms. The van der Waals surface area contributed by atoms with Gasteiger partial charge in [0, 0.05) is 5.56 Å². The molecule has 20 heavy (non-hydrogen) atoms. The Labute approximate surface area is 110 Å². The fourth-order valence-electron chi connectivity index (χ4n) is 1.61. The van der Waals surface area contributed by atoms with Gasteiger partial charge in [0.1, 0.15) is 5.56 Å². The lowest BCUT2D eigenvalue weighted by molar-refractivity contribution is 0.0527. The lowest BCUT2D eigenvalue weighted by Gasteiger charge is -2.06. The molecule has 2 rings (SSSR count). The van der Waals surface area contributed by atoms with Crippen molar-refractivity contribution in [2.75, 3.05) is 6.61 Å². The van der Waals surface area contributed by atoms with Gasteiger partial charge in [-0.05, 0) is 13.0 Å². The molecule has 106 valence electrons. The summed E-state index contributed by atoms with van der Waals surface area (Å²) in [6, 6.07) is 0.435. The Morgan fingerprint density at radius 3 is 2.60 bits per heavy atom. The average molecular weight is 288 g/mol. The van der Waals surface area contributed by atoms with Gasteiger partial charge in [0.25, 0.3) is 0 Å². The van der Waals surface area contributed by atoms with Crippen LogP contribution in [0.5, 0.6) is 0 Å². The molecule has 0 amide bonds. The van der Waals surface area contributed by atoms with E-state index in [4.69, 9.17) is 0 Å². The molecule has 0 unspecified atom stereocenters. The minimum Gasteiger partial charge on any atom is -0.462 e. The summed E-state index contributed by atoms with van der Waals surface area (Å²) in [6.07, 6.45) is 1.02. The smallest absolute Gasteiger partial charge is 0.341 e. The van der Waals surface area contributed by atoms with Crippen molar-refractivity contribution in [1.82, 2.24) is 10.2 Å². The number of carbonyl (C=O) groups is 1. The maximum Gasteiger partial charge on any atom is 0.341 e. The van der Waals surface area contributed by atoms with Gasteiger partial charge in [0.15, 0.2) is 23.3 Å². The highest BCUT2D eigenvalue weighted by Crippen LogP contribution is 2.29. The Bertz CT molecular complexity index is 670. The second kappa shape index (κ2) is 5.32. The van der Waals surface area contributed by atoms with Crippen LogP contribution in [0, 0.1) is 23.3 Å². The minimum atomic E-state index is -1.97. The largest absolute Gasteiger partial charge is 0.462 e. The molecular weight excluding hydrogens is 280 g/mol. The number of hydrogen-bond acceptors (Lipinski definition) is 3. The molecule has 2 aromatic rings. The number of nitrogens with one attached hydrogen (secondary N) is 1. The van der Waals surface area contributed by atoms with E-state index in [1.807, 2.05) is 0 Å². The summed E-state index contributed by atoms with van der Waals surface area (Å²) < 4.78 is 57.6. The number of rotatable bonds is 3. The highest BCUT2D eigenvalue weighted by atomic mass is 19.2. The SMILES string of the molecule is CCOC(=O)c1cn[nH]c1-c1cc(F)c(F)c(F)c1F. The molecule has 1 aromatic heterocycles. The van der Waals surface area contributed by atoms with Crippen molar-refractivity contribution < 1.29 is 27.1 Å². The summed E-state index contributed by atoms with van der Waals surface area (Å²) in [5, 5.41) is 5.72. The molecule has 0 saturated carbocycles. The van der Waals surface area contributed by atoms with E-state index in [9.17, 15) is 22.4 Å². The van der Waals surface area contributed by atoms with Crippen LogP contribution in [0.4, 0.5) is 17.6 Å². The minimum absolute atomic E-state index is 0.0536. The fraction of sp³-hybridized carbons (Fsp3) is 0.167.